The second-order valence-corrected chi connectivity index (χ2v) is 7.98. The van der Waals surface area contributed by atoms with Crippen LogP contribution in [0.3, 0.4) is 0 Å². The van der Waals surface area contributed by atoms with E-state index in [9.17, 15) is 10.1 Å². The standard InChI is InChI=1S/C18H21ClN4O2S/c1-18(11-20,12-3-4-12)22-16(24)10-26-17-21-14-9-13(19)5-6-15(14)23(17)7-8-25-2/h5-6,9,12H,3-4,7-8,10H2,1-2H3,(H,22,24). The van der Waals surface area contributed by atoms with E-state index in [1.54, 1.807) is 14.0 Å². The lowest BCUT2D eigenvalue weighted by Crippen LogP contribution is -2.47. The molecule has 1 aliphatic rings. The summed E-state index contributed by atoms with van der Waals surface area (Å²) in [7, 11) is 1.65. The highest BCUT2D eigenvalue weighted by atomic mass is 35.5. The number of aromatic nitrogens is 2. The number of hydrogen-bond donors (Lipinski definition) is 1. The van der Waals surface area contributed by atoms with Gasteiger partial charge in [-0.05, 0) is 43.9 Å². The Bertz CT molecular complexity index is 859. The van der Waals surface area contributed by atoms with E-state index in [0.717, 1.165) is 29.0 Å². The summed E-state index contributed by atoms with van der Waals surface area (Å²) in [4.78, 5) is 17.0. The molecule has 0 radical (unpaired) electrons. The highest BCUT2D eigenvalue weighted by molar-refractivity contribution is 7.99. The van der Waals surface area contributed by atoms with E-state index in [0.29, 0.717) is 18.2 Å². The van der Waals surface area contributed by atoms with Crippen molar-refractivity contribution in [2.75, 3.05) is 19.5 Å². The Morgan fingerprint density at radius 1 is 1.58 bits per heavy atom. The molecule has 0 bridgehead atoms. The molecule has 0 saturated heterocycles. The molecule has 0 spiro atoms. The number of amides is 1. The molecule has 1 unspecified atom stereocenters. The summed E-state index contributed by atoms with van der Waals surface area (Å²) in [6.45, 7) is 2.97. The number of nitrogens with zero attached hydrogens (tertiary/aromatic N) is 3. The van der Waals surface area contributed by atoms with Crippen LogP contribution < -0.4 is 5.32 Å². The molecule has 1 heterocycles. The fraction of sp³-hybridized carbons (Fsp3) is 0.500. The normalized spacial score (nSPS) is 16.2. The number of nitrogens with one attached hydrogen (secondary N) is 1. The first-order valence-corrected chi connectivity index (χ1v) is 9.83. The van der Waals surface area contributed by atoms with Crippen molar-refractivity contribution >= 4 is 40.3 Å². The Morgan fingerprint density at radius 2 is 2.35 bits per heavy atom. The number of benzene rings is 1. The van der Waals surface area contributed by atoms with Crippen LogP contribution in [0.2, 0.25) is 5.02 Å². The molecule has 0 aliphatic heterocycles. The third kappa shape index (κ3) is 4.14. The van der Waals surface area contributed by atoms with Crippen LogP contribution in [0.1, 0.15) is 19.8 Å². The van der Waals surface area contributed by atoms with Crippen LogP contribution in [-0.4, -0.2) is 40.5 Å². The predicted molar refractivity (Wildman–Crippen MR) is 102 cm³/mol. The van der Waals surface area contributed by atoms with Gasteiger partial charge < -0.3 is 14.6 Å². The molecule has 1 aromatic carbocycles. The van der Waals surface area contributed by atoms with Crippen molar-refractivity contribution in [3.63, 3.8) is 0 Å². The van der Waals surface area contributed by atoms with Gasteiger partial charge >= 0.3 is 0 Å². The van der Waals surface area contributed by atoms with Gasteiger partial charge in [-0.3, -0.25) is 4.79 Å². The third-order valence-corrected chi connectivity index (χ3v) is 5.76. The van der Waals surface area contributed by atoms with Gasteiger partial charge in [0.2, 0.25) is 5.91 Å². The molecule has 1 aromatic heterocycles. The lowest BCUT2D eigenvalue weighted by Gasteiger charge is -2.22. The number of fused-ring (bicyclic) bond motifs is 1. The van der Waals surface area contributed by atoms with Crippen molar-refractivity contribution in [1.82, 2.24) is 14.9 Å². The molecule has 8 heteroatoms. The zero-order valence-electron chi connectivity index (χ0n) is 14.8. The molecule has 1 fully saturated rings. The van der Waals surface area contributed by atoms with E-state index in [1.807, 2.05) is 22.8 Å². The molecule has 1 atom stereocenters. The van der Waals surface area contributed by atoms with E-state index in [-0.39, 0.29) is 17.6 Å². The van der Waals surface area contributed by atoms with Gasteiger partial charge in [0.15, 0.2) is 5.16 Å². The van der Waals surface area contributed by atoms with Gasteiger partial charge in [-0.2, -0.15) is 5.26 Å². The summed E-state index contributed by atoms with van der Waals surface area (Å²) in [5.74, 6) is 0.304. The maximum atomic E-state index is 12.4. The number of carbonyl (C=O) groups is 1. The Balaban J connectivity index is 1.73. The smallest absolute Gasteiger partial charge is 0.231 e. The Morgan fingerprint density at radius 3 is 3.00 bits per heavy atom. The summed E-state index contributed by atoms with van der Waals surface area (Å²) < 4.78 is 7.21. The highest BCUT2D eigenvalue weighted by Crippen LogP contribution is 2.39. The maximum absolute atomic E-state index is 12.4. The van der Waals surface area contributed by atoms with E-state index in [4.69, 9.17) is 16.3 Å². The Labute approximate surface area is 161 Å². The van der Waals surface area contributed by atoms with Crippen LogP contribution in [-0.2, 0) is 16.1 Å². The molecule has 1 saturated carbocycles. The van der Waals surface area contributed by atoms with Gasteiger partial charge in [0.1, 0.15) is 5.54 Å². The zero-order chi connectivity index (χ0) is 18.7. The number of carbonyl (C=O) groups excluding carboxylic acids is 1. The monoisotopic (exact) mass is 392 g/mol. The molecular weight excluding hydrogens is 372 g/mol. The number of thioether (sulfide) groups is 1. The summed E-state index contributed by atoms with van der Waals surface area (Å²) in [5, 5.41) is 13.6. The third-order valence-electron chi connectivity index (χ3n) is 4.55. The molecular formula is C18H21ClN4O2S. The van der Waals surface area contributed by atoms with Gasteiger partial charge in [-0.15, -0.1) is 0 Å². The quantitative estimate of drug-likeness (QED) is 0.697. The zero-order valence-corrected chi connectivity index (χ0v) is 16.4. The highest BCUT2D eigenvalue weighted by Gasteiger charge is 2.42. The van der Waals surface area contributed by atoms with Gasteiger partial charge in [0.05, 0.1) is 29.5 Å². The number of halogens is 1. The molecule has 1 aliphatic carbocycles. The Kier molecular flexibility index (Phi) is 5.76. The van der Waals surface area contributed by atoms with Crippen molar-refractivity contribution in [1.29, 1.82) is 5.26 Å². The molecule has 26 heavy (non-hydrogen) atoms. The first-order chi connectivity index (χ1) is 12.5. The Hall–Kier alpha value is -1.75. The fourth-order valence-electron chi connectivity index (χ4n) is 2.93. The summed E-state index contributed by atoms with van der Waals surface area (Å²) in [6.07, 6.45) is 1.98. The van der Waals surface area contributed by atoms with E-state index in [1.165, 1.54) is 11.8 Å². The van der Waals surface area contributed by atoms with Crippen molar-refractivity contribution in [2.24, 2.45) is 5.92 Å². The van der Waals surface area contributed by atoms with Crippen LogP contribution in [0.25, 0.3) is 11.0 Å². The van der Waals surface area contributed by atoms with Gasteiger partial charge in [-0.25, -0.2) is 4.98 Å². The maximum Gasteiger partial charge on any atom is 0.231 e. The molecule has 1 amide bonds. The van der Waals surface area contributed by atoms with Crippen LogP contribution in [0.15, 0.2) is 23.4 Å². The van der Waals surface area contributed by atoms with Crippen LogP contribution in [0.4, 0.5) is 0 Å². The van der Waals surface area contributed by atoms with E-state index in [2.05, 4.69) is 16.4 Å². The van der Waals surface area contributed by atoms with Crippen LogP contribution >= 0.6 is 23.4 Å². The summed E-state index contributed by atoms with van der Waals surface area (Å²) in [5.41, 5.74) is 0.965. The fourth-order valence-corrected chi connectivity index (χ4v) is 3.93. The molecule has 138 valence electrons. The number of nitriles is 1. The summed E-state index contributed by atoms with van der Waals surface area (Å²) in [6, 6.07) is 7.80. The van der Waals surface area contributed by atoms with Crippen molar-refractivity contribution in [3.8, 4) is 6.07 Å². The number of imidazole rings is 1. The molecule has 1 N–H and O–H groups in total. The van der Waals surface area contributed by atoms with Crippen LogP contribution in [0.5, 0.6) is 0 Å². The SMILES string of the molecule is COCCn1c(SCC(=O)NC(C)(C#N)C2CC2)nc2cc(Cl)ccc21. The van der Waals surface area contributed by atoms with E-state index >= 15 is 0 Å². The van der Waals surface area contributed by atoms with Crippen molar-refractivity contribution < 1.29 is 9.53 Å². The largest absolute Gasteiger partial charge is 0.383 e. The van der Waals surface area contributed by atoms with Gasteiger partial charge in [0.25, 0.3) is 0 Å². The number of methoxy groups -OCH3 is 1. The minimum Gasteiger partial charge on any atom is -0.383 e. The minimum atomic E-state index is -0.776. The number of ether oxygens (including phenoxy) is 1. The topological polar surface area (TPSA) is 79.9 Å². The number of rotatable bonds is 8. The predicted octanol–water partition coefficient (Wildman–Crippen LogP) is 3.24. The average molecular weight is 393 g/mol. The second kappa shape index (κ2) is 7.87. The second-order valence-electron chi connectivity index (χ2n) is 6.60. The van der Waals surface area contributed by atoms with E-state index < -0.39 is 5.54 Å². The average Bonchev–Trinajstić information content (AvgIpc) is 3.41. The summed E-state index contributed by atoms with van der Waals surface area (Å²) >= 11 is 7.41. The van der Waals surface area contributed by atoms with Gasteiger partial charge in [0, 0.05) is 18.7 Å². The lowest BCUT2D eigenvalue weighted by molar-refractivity contribution is -0.119. The van der Waals surface area contributed by atoms with Crippen LogP contribution in [0, 0.1) is 17.2 Å². The van der Waals surface area contributed by atoms with Gasteiger partial charge in [-0.1, -0.05) is 23.4 Å². The molecule has 6 nitrogen and oxygen atoms in total. The first-order valence-electron chi connectivity index (χ1n) is 8.46. The lowest BCUT2D eigenvalue weighted by atomic mass is 9.98. The first kappa shape index (κ1) is 19.0. The minimum absolute atomic E-state index is 0.158. The molecule has 3 rings (SSSR count). The molecule has 2 aromatic rings. The van der Waals surface area contributed by atoms with Crippen molar-refractivity contribution in [3.05, 3.63) is 23.2 Å². The number of hydrogen-bond acceptors (Lipinski definition) is 5. The van der Waals surface area contributed by atoms with Crippen molar-refractivity contribution in [2.45, 2.75) is 37.0 Å².